The van der Waals surface area contributed by atoms with Gasteiger partial charge in [0, 0.05) is 26.8 Å². The van der Waals surface area contributed by atoms with Crippen LogP contribution in [0.3, 0.4) is 0 Å². The Balaban J connectivity index is 3.66. The predicted octanol–water partition coefficient (Wildman–Crippen LogP) is 0.984. The number of ether oxygens (including phenoxy) is 1. The summed E-state index contributed by atoms with van der Waals surface area (Å²) in [5.74, 6) is -0.376. The summed E-state index contributed by atoms with van der Waals surface area (Å²) in [5.41, 5.74) is 0. The van der Waals surface area contributed by atoms with Crippen molar-refractivity contribution in [1.29, 1.82) is 0 Å². The van der Waals surface area contributed by atoms with Crippen LogP contribution in [0.4, 0.5) is 0 Å². The first kappa shape index (κ1) is 14.3. The van der Waals surface area contributed by atoms with Crippen molar-refractivity contribution in [3.8, 4) is 0 Å². The van der Waals surface area contributed by atoms with Gasteiger partial charge in [-0.05, 0) is 6.92 Å². The Labute approximate surface area is 91.3 Å². The first-order valence-electron chi connectivity index (χ1n) is 4.61. The van der Waals surface area contributed by atoms with E-state index in [1.165, 1.54) is 20.3 Å². The molecule has 0 spiro atoms. The Morgan fingerprint density at radius 3 is 2.33 bits per heavy atom. The molecule has 0 bridgehead atoms. The van der Waals surface area contributed by atoms with Crippen LogP contribution in [0.5, 0.6) is 0 Å². The largest absolute Gasteiger partial charge is 0.497 e. The van der Waals surface area contributed by atoms with Crippen molar-refractivity contribution in [2.75, 3.05) is 27.4 Å². The van der Waals surface area contributed by atoms with E-state index in [1.54, 1.807) is 19.5 Å². The fourth-order valence-corrected chi connectivity index (χ4v) is 1.61. The van der Waals surface area contributed by atoms with E-state index in [0.717, 1.165) is 0 Å². The molecule has 0 unspecified atom stereocenters. The van der Waals surface area contributed by atoms with Crippen molar-refractivity contribution in [3.63, 3.8) is 0 Å². The number of rotatable bonds is 7. The fourth-order valence-electron chi connectivity index (χ4n) is 0.755. The molecule has 5 nitrogen and oxygen atoms in total. The molecule has 0 amide bonds. The van der Waals surface area contributed by atoms with Crippen LogP contribution in [-0.4, -0.2) is 42.2 Å². The van der Waals surface area contributed by atoms with Gasteiger partial charge in [-0.1, -0.05) is 6.08 Å². The standard InChI is InChI=1S/C9H18O5Si/c1-5-6-9(10)13-7-8-14-15(4,11-2)12-3/h5-6H,7-8H2,1-4H3. The van der Waals surface area contributed by atoms with Gasteiger partial charge in [-0.3, -0.25) is 0 Å². The fraction of sp³-hybridized carbons (Fsp3) is 0.667. The first-order chi connectivity index (χ1) is 7.08. The highest BCUT2D eigenvalue weighted by atomic mass is 28.4. The monoisotopic (exact) mass is 234 g/mol. The summed E-state index contributed by atoms with van der Waals surface area (Å²) in [5, 5.41) is 0. The van der Waals surface area contributed by atoms with Gasteiger partial charge in [0.1, 0.15) is 6.61 Å². The van der Waals surface area contributed by atoms with Gasteiger partial charge in [0.25, 0.3) is 0 Å². The molecule has 0 saturated heterocycles. The molecule has 0 aliphatic carbocycles. The average molecular weight is 234 g/mol. The van der Waals surface area contributed by atoms with Crippen molar-refractivity contribution < 1.29 is 22.8 Å². The molecule has 0 aromatic heterocycles. The minimum absolute atomic E-state index is 0.193. The quantitative estimate of drug-likeness (QED) is 0.284. The van der Waals surface area contributed by atoms with Crippen LogP contribution in [-0.2, 0) is 22.8 Å². The van der Waals surface area contributed by atoms with Gasteiger partial charge in [0.15, 0.2) is 0 Å². The van der Waals surface area contributed by atoms with Gasteiger partial charge < -0.3 is 18.0 Å². The van der Waals surface area contributed by atoms with Crippen LogP contribution in [0, 0.1) is 0 Å². The molecule has 15 heavy (non-hydrogen) atoms. The summed E-state index contributed by atoms with van der Waals surface area (Å²) < 4.78 is 20.3. The smallest absolute Gasteiger partial charge is 0.460 e. The molecule has 0 saturated carbocycles. The second-order valence-corrected chi connectivity index (χ2v) is 5.62. The summed E-state index contributed by atoms with van der Waals surface area (Å²) in [4.78, 5) is 10.9. The van der Waals surface area contributed by atoms with Crippen molar-refractivity contribution in [2.45, 2.75) is 13.5 Å². The molecule has 88 valence electrons. The van der Waals surface area contributed by atoms with Crippen molar-refractivity contribution in [2.24, 2.45) is 0 Å². The van der Waals surface area contributed by atoms with E-state index in [9.17, 15) is 4.79 Å². The lowest BCUT2D eigenvalue weighted by Gasteiger charge is -2.21. The molecular formula is C9H18O5Si. The Bertz CT molecular complexity index is 213. The third-order valence-electron chi connectivity index (χ3n) is 1.74. The summed E-state index contributed by atoms with van der Waals surface area (Å²) in [6.07, 6.45) is 2.97. The van der Waals surface area contributed by atoms with Crippen LogP contribution >= 0.6 is 0 Å². The average Bonchev–Trinajstić information content (AvgIpc) is 2.24. The molecule has 0 heterocycles. The van der Waals surface area contributed by atoms with Crippen LogP contribution < -0.4 is 0 Å². The van der Waals surface area contributed by atoms with E-state index >= 15 is 0 Å². The minimum Gasteiger partial charge on any atom is -0.460 e. The molecule has 6 heteroatoms. The van der Waals surface area contributed by atoms with Crippen molar-refractivity contribution in [1.82, 2.24) is 0 Å². The normalized spacial score (nSPS) is 12.0. The molecule has 0 fully saturated rings. The third kappa shape index (κ3) is 6.40. The molecule has 0 aliphatic rings. The Morgan fingerprint density at radius 2 is 1.87 bits per heavy atom. The number of hydrogen-bond donors (Lipinski definition) is 0. The predicted molar refractivity (Wildman–Crippen MR) is 57.4 cm³/mol. The van der Waals surface area contributed by atoms with Gasteiger partial charge in [0.05, 0.1) is 6.61 Å². The Kier molecular flexibility index (Phi) is 7.23. The maximum Gasteiger partial charge on any atom is 0.497 e. The zero-order valence-electron chi connectivity index (χ0n) is 9.61. The maximum atomic E-state index is 10.9. The second kappa shape index (κ2) is 7.58. The molecule has 0 N–H and O–H groups in total. The second-order valence-electron chi connectivity index (χ2n) is 2.79. The number of hydrogen-bond acceptors (Lipinski definition) is 5. The molecule has 0 aromatic carbocycles. The minimum atomic E-state index is -2.50. The van der Waals surface area contributed by atoms with E-state index in [-0.39, 0.29) is 19.2 Å². The third-order valence-corrected chi connectivity index (χ3v) is 3.95. The summed E-state index contributed by atoms with van der Waals surface area (Å²) in [6, 6.07) is 0. The van der Waals surface area contributed by atoms with Crippen LogP contribution in [0.1, 0.15) is 6.92 Å². The highest BCUT2D eigenvalue weighted by Crippen LogP contribution is 2.05. The van der Waals surface area contributed by atoms with E-state index in [4.69, 9.17) is 18.0 Å². The van der Waals surface area contributed by atoms with Crippen molar-refractivity contribution in [3.05, 3.63) is 12.2 Å². The number of carbonyl (C=O) groups is 1. The zero-order valence-corrected chi connectivity index (χ0v) is 10.6. The molecule has 0 radical (unpaired) electrons. The van der Waals surface area contributed by atoms with Gasteiger partial charge in [-0.25, -0.2) is 4.79 Å². The lowest BCUT2D eigenvalue weighted by atomic mass is 10.5. The highest BCUT2D eigenvalue weighted by molar-refractivity contribution is 6.59. The van der Waals surface area contributed by atoms with Crippen LogP contribution in [0.2, 0.25) is 6.55 Å². The van der Waals surface area contributed by atoms with Crippen LogP contribution in [0.15, 0.2) is 12.2 Å². The van der Waals surface area contributed by atoms with E-state index < -0.39 is 8.80 Å². The topological polar surface area (TPSA) is 54.0 Å². The maximum absolute atomic E-state index is 10.9. The lowest BCUT2D eigenvalue weighted by molar-refractivity contribution is -0.138. The van der Waals surface area contributed by atoms with Gasteiger partial charge in [-0.2, -0.15) is 0 Å². The molecule has 0 aromatic rings. The van der Waals surface area contributed by atoms with Crippen LogP contribution in [0.25, 0.3) is 0 Å². The molecule has 0 aliphatic heterocycles. The SMILES string of the molecule is CC=CC(=O)OCCO[Si](C)(OC)OC. The Morgan fingerprint density at radius 1 is 1.27 bits per heavy atom. The lowest BCUT2D eigenvalue weighted by Crippen LogP contribution is -2.41. The van der Waals surface area contributed by atoms with Gasteiger partial charge >= 0.3 is 14.8 Å². The molecule has 0 rings (SSSR count). The van der Waals surface area contributed by atoms with E-state index in [1.807, 2.05) is 0 Å². The van der Waals surface area contributed by atoms with E-state index in [2.05, 4.69) is 0 Å². The summed E-state index contributed by atoms with van der Waals surface area (Å²) in [6.45, 7) is 3.98. The molecule has 0 atom stereocenters. The van der Waals surface area contributed by atoms with Gasteiger partial charge in [-0.15, -0.1) is 0 Å². The summed E-state index contributed by atoms with van der Waals surface area (Å²) in [7, 11) is 0.561. The van der Waals surface area contributed by atoms with E-state index in [0.29, 0.717) is 0 Å². The zero-order chi connectivity index (χ0) is 11.7. The highest BCUT2D eigenvalue weighted by Gasteiger charge is 2.31. The number of carbonyl (C=O) groups excluding carboxylic acids is 1. The number of esters is 1. The summed E-state index contributed by atoms with van der Waals surface area (Å²) >= 11 is 0. The van der Waals surface area contributed by atoms with Crippen molar-refractivity contribution >= 4 is 14.8 Å². The Hall–Kier alpha value is -0.693. The molecular weight excluding hydrogens is 216 g/mol. The van der Waals surface area contributed by atoms with Gasteiger partial charge in [0.2, 0.25) is 0 Å². The number of allylic oxidation sites excluding steroid dienone is 1. The first-order valence-corrected chi connectivity index (χ1v) is 6.84.